The average molecular weight is 251 g/mol. The lowest BCUT2D eigenvalue weighted by atomic mass is 9.77. The van der Waals surface area contributed by atoms with E-state index in [0.29, 0.717) is 6.04 Å². The minimum Gasteiger partial charge on any atom is -0.472 e. The van der Waals surface area contributed by atoms with Crippen molar-refractivity contribution < 1.29 is 9.15 Å². The van der Waals surface area contributed by atoms with Crippen LogP contribution in [-0.2, 0) is 11.2 Å². The van der Waals surface area contributed by atoms with Gasteiger partial charge in [-0.15, -0.1) is 0 Å². The first-order chi connectivity index (χ1) is 8.80. The fourth-order valence-electron chi connectivity index (χ4n) is 3.23. The molecule has 3 heteroatoms. The first kappa shape index (κ1) is 13.6. The van der Waals surface area contributed by atoms with Crippen LogP contribution in [0.1, 0.15) is 44.6 Å². The van der Waals surface area contributed by atoms with Crippen molar-refractivity contribution in [2.45, 2.75) is 57.1 Å². The quantitative estimate of drug-likeness (QED) is 0.843. The van der Waals surface area contributed by atoms with E-state index in [1.807, 2.05) is 19.4 Å². The minimum absolute atomic E-state index is 0.0129. The molecule has 0 aliphatic heterocycles. The summed E-state index contributed by atoms with van der Waals surface area (Å²) in [5.41, 5.74) is 1.26. The molecular formula is C15H25NO2. The van der Waals surface area contributed by atoms with Gasteiger partial charge in [0.15, 0.2) is 0 Å². The molecule has 1 aromatic heterocycles. The Morgan fingerprint density at radius 1 is 1.39 bits per heavy atom. The van der Waals surface area contributed by atoms with E-state index >= 15 is 0 Å². The van der Waals surface area contributed by atoms with Crippen molar-refractivity contribution in [1.82, 2.24) is 5.32 Å². The van der Waals surface area contributed by atoms with Crippen LogP contribution in [0.15, 0.2) is 23.0 Å². The number of ether oxygens (including phenoxy) is 1. The lowest BCUT2D eigenvalue weighted by Crippen LogP contribution is -2.53. The summed E-state index contributed by atoms with van der Waals surface area (Å²) in [5.74, 6) is 0. The fraction of sp³-hybridized carbons (Fsp3) is 0.733. The molecule has 0 amide bonds. The van der Waals surface area contributed by atoms with Crippen molar-refractivity contribution in [2.75, 3.05) is 13.7 Å². The molecule has 102 valence electrons. The second kappa shape index (κ2) is 6.39. The smallest absolute Gasteiger partial charge is 0.0935 e. The van der Waals surface area contributed by atoms with Gasteiger partial charge in [0.05, 0.1) is 18.1 Å². The molecule has 0 aromatic carbocycles. The van der Waals surface area contributed by atoms with E-state index in [1.165, 1.54) is 37.7 Å². The summed E-state index contributed by atoms with van der Waals surface area (Å²) in [7, 11) is 2.04. The summed E-state index contributed by atoms with van der Waals surface area (Å²) in [6.07, 6.45) is 10.8. The van der Waals surface area contributed by atoms with Gasteiger partial charge in [-0.1, -0.05) is 19.3 Å². The standard InChI is InChI=1S/C15H25NO2/c1-3-18-15(8-5-4-6-9-15)14(16-2)11-13-7-10-17-12-13/h7,10,12,14,16H,3-6,8-9,11H2,1-2H3. The van der Waals surface area contributed by atoms with Gasteiger partial charge in [0, 0.05) is 12.6 Å². The van der Waals surface area contributed by atoms with Crippen molar-refractivity contribution in [3.63, 3.8) is 0 Å². The highest BCUT2D eigenvalue weighted by Gasteiger charge is 2.39. The summed E-state index contributed by atoms with van der Waals surface area (Å²) in [6, 6.07) is 2.42. The van der Waals surface area contributed by atoms with Gasteiger partial charge in [-0.2, -0.15) is 0 Å². The Labute approximate surface area is 110 Å². The highest BCUT2D eigenvalue weighted by atomic mass is 16.5. The van der Waals surface area contributed by atoms with E-state index in [0.717, 1.165) is 13.0 Å². The van der Waals surface area contributed by atoms with Crippen molar-refractivity contribution in [3.05, 3.63) is 24.2 Å². The van der Waals surface area contributed by atoms with Crippen molar-refractivity contribution in [2.24, 2.45) is 0 Å². The molecule has 1 N–H and O–H groups in total. The molecule has 1 fully saturated rings. The van der Waals surface area contributed by atoms with Crippen LogP contribution in [0.4, 0.5) is 0 Å². The second-order valence-corrected chi connectivity index (χ2v) is 5.24. The molecule has 3 nitrogen and oxygen atoms in total. The molecule has 1 heterocycles. The van der Waals surface area contributed by atoms with Crippen LogP contribution < -0.4 is 5.32 Å². The molecule has 0 radical (unpaired) electrons. The van der Waals surface area contributed by atoms with Gasteiger partial charge < -0.3 is 14.5 Å². The maximum Gasteiger partial charge on any atom is 0.0935 e. The molecule has 1 aromatic rings. The van der Waals surface area contributed by atoms with Crippen LogP contribution in [-0.4, -0.2) is 25.3 Å². The van der Waals surface area contributed by atoms with E-state index < -0.39 is 0 Å². The lowest BCUT2D eigenvalue weighted by Gasteiger charge is -2.43. The van der Waals surface area contributed by atoms with Gasteiger partial charge in [0.25, 0.3) is 0 Å². The Hall–Kier alpha value is -0.800. The summed E-state index contributed by atoms with van der Waals surface area (Å²) < 4.78 is 11.4. The summed E-state index contributed by atoms with van der Waals surface area (Å²) in [4.78, 5) is 0. The van der Waals surface area contributed by atoms with Crippen LogP contribution in [0.25, 0.3) is 0 Å². The maximum absolute atomic E-state index is 6.18. The van der Waals surface area contributed by atoms with Crippen LogP contribution in [0.2, 0.25) is 0 Å². The van der Waals surface area contributed by atoms with E-state index in [1.54, 1.807) is 6.26 Å². The predicted octanol–water partition coefficient (Wildman–Crippen LogP) is 3.15. The van der Waals surface area contributed by atoms with Gasteiger partial charge in [-0.25, -0.2) is 0 Å². The van der Waals surface area contributed by atoms with Crippen molar-refractivity contribution in [3.8, 4) is 0 Å². The third-order valence-corrected chi connectivity index (χ3v) is 4.14. The molecular weight excluding hydrogens is 226 g/mol. The van der Waals surface area contributed by atoms with Gasteiger partial charge in [0.2, 0.25) is 0 Å². The van der Waals surface area contributed by atoms with E-state index in [4.69, 9.17) is 9.15 Å². The topological polar surface area (TPSA) is 34.4 Å². The number of nitrogens with one attached hydrogen (secondary N) is 1. The normalized spacial score (nSPS) is 20.8. The highest BCUT2D eigenvalue weighted by molar-refractivity contribution is 5.11. The van der Waals surface area contributed by atoms with Crippen molar-refractivity contribution in [1.29, 1.82) is 0 Å². The molecule has 1 saturated carbocycles. The number of likely N-dealkylation sites (N-methyl/N-ethyl adjacent to an activating group) is 1. The molecule has 1 aliphatic carbocycles. The van der Waals surface area contributed by atoms with Gasteiger partial charge in [-0.3, -0.25) is 0 Å². The zero-order valence-electron chi connectivity index (χ0n) is 11.6. The summed E-state index contributed by atoms with van der Waals surface area (Å²) in [5, 5.41) is 3.47. The largest absolute Gasteiger partial charge is 0.472 e. The van der Waals surface area contributed by atoms with Crippen LogP contribution in [0.5, 0.6) is 0 Å². The van der Waals surface area contributed by atoms with E-state index in [-0.39, 0.29) is 5.60 Å². The monoisotopic (exact) mass is 251 g/mol. The first-order valence-electron chi connectivity index (χ1n) is 7.13. The van der Waals surface area contributed by atoms with Gasteiger partial charge in [-0.05, 0) is 44.9 Å². The second-order valence-electron chi connectivity index (χ2n) is 5.24. The molecule has 18 heavy (non-hydrogen) atoms. The molecule has 1 atom stereocenters. The fourth-order valence-corrected chi connectivity index (χ4v) is 3.23. The average Bonchev–Trinajstić information content (AvgIpc) is 2.90. The molecule has 1 unspecified atom stereocenters. The molecule has 0 spiro atoms. The Morgan fingerprint density at radius 2 is 2.17 bits per heavy atom. The Bertz CT molecular complexity index is 323. The molecule has 0 bridgehead atoms. The molecule has 0 saturated heterocycles. The number of hydrogen-bond acceptors (Lipinski definition) is 3. The Balaban J connectivity index is 2.10. The minimum atomic E-state index is 0.0129. The van der Waals surface area contributed by atoms with Gasteiger partial charge >= 0.3 is 0 Å². The van der Waals surface area contributed by atoms with Crippen LogP contribution in [0, 0.1) is 0 Å². The number of rotatable bonds is 6. The maximum atomic E-state index is 6.18. The third-order valence-electron chi connectivity index (χ3n) is 4.14. The zero-order chi connectivity index (χ0) is 12.8. The number of hydrogen-bond donors (Lipinski definition) is 1. The third kappa shape index (κ3) is 2.96. The first-order valence-corrected chi connectivity index (χ1v) is 7.13. The summed E-state index contributed by atoms with van der Waals surface area (Å²) >= 11 is 0. The SMILES string of the molecule is CCOC1(C(Cc2ccoc2)NC)CCCCC1. The predicted molar refractivity (Wildman–Crippen MR) is 72.7 cm³/mol. The molecule has 1 aliphatic rings. The van der Waals surface area contributed by atoms with E-state index in [2.05, 4.69) is 12.2 Å². The summed E-state index contributed by atoms with van der Waals surface area (Å²) in [6.45, 7) is 2.89. The Kier molecular flexibility index (Phi) is 4.84. The lowest BCUT2D eigenvalue weighted by molar-refractivity contribution is -0.0883. The number of furan rings is 1. The van der Waals surface area contributed by atoms with E-state index in [9.17, 15) is 0 Å². The van der Waals surface area contributed by atoms with Crippen LogP contribution in [0.3, 0.4) is 0 Å². The Morgan fingerprint density at radius 3 is 2.72 bits per heavy atom. The van der Waals surface area contributed by atoms with Crippen molar-refractivity contribution >= 4 is 0 Å². The zero-order valence-corrected chi connectivity index (χ0v) is 11.6. The van der Waals surface area contributed by atoms with Crippen LogP contribution >= 0.6 is 0 Å². The van der Waals surface area contributed by atoms with Gasteiger partial charge in [0.1, 0.15) is 0 Å². The molecule has 2 rings (SSSR count). The highest BCUT2D eigenvalue weighted by Crippen LogP contribution is 2.35.